The number of benzene rings is 2. The van der Waals surface area contributed by atoms with Crippen LogP contribution in [0.1, 0.15) is 127 Å². The molecule has 4 rings (SSSR count). The third-order valence-corrected chi connectivity index (χ3v) is 9.40. The minimum absolute atomic E-state index is 0.0461. The van der Waals surface area contributed by atoms with E-state index in [0.29, 0.717) is 21.5 Å². The first-order valence-corrected chi connectivity index (χ1v) is 16.1. The van der Waals surface area contributed by atoms with E-state index in [-0.39, 0.29) is 34.9 Å². The van der Waals surface area contributed by atoms with E-state index in [0.717, 1.165) is 49.7 Å². The molecule has 1 saturated heterocycles. The Bertz CT molecular complexity index is 1250. The fourth-order valence-corrected chi connectivity index (χ4v) is 7.20. The van der Waals surface area contributed by atoms with Crippen molar-refractivity contribution in [1.29, 1.82) is 0 Å². The maximum absolute atomic E-state index is 14.6. The molecule has 2 aromatic rings. The third kappa shape index (κ3) is 7.52. The monoisotopic (exact) mass is 614 g/mol. The van der Waals surface area contributed by atoms with Gasteiger partial charge in [-0.2, -0.15) is 0 Å². The summed E-state index contributed by atoms with van der Waals surface area (Å²) in [6.07, 6.45) is 5.37. The summed E-state index contributed by atoms with van der Waals surface area (Å²) >= 11 is 12.8. The normalized spacial score (nSPS) is 24.0. The van der Waals surface area contributed by atoms with Gasteiger partial charge in [-0.25, -0.2) is 4.79 Å². The van der Waals surface area contributed by atoms with Crippen LogP contribution in [-0.2, 0) is 9.53 Å². The van der Waals surface area contributed by atoms with Crippen molar-refractivity contribution in [3.05, 3.63) is 69.2 Å². The molecule has 1 spiro atoms. The van der Waals surface area contributed by atoms with Crippen LogP contribution in [0.15, 0.2) is 42.5 Å². The van der Waals surface area contributed by atoms with Gasteiger partial charge in [0.2, 0.25) is 5.91 Å². The fraction of sp³-hybridized carbons (Fsp3) is 0.600. The number of rotatable bonds is 7. The van der Waals surface area contributed by atoms with Gasteiger partial charge in [0, 0.05) is 10.0 Å². The highest BCUT2D eigenvalue weighted by atomic mass is 35.5. The first kappa shape index (κ1) is 32.8. The van der Waals surface area contributed by atoms with Gasteiger partial charge in [-0.15, -0.1) is 0 Å². The van der Waals surface area contributed by atoms with Crippen LogP contribution in [0.5, 0.6) is 0 Å². The Hall–Kier alpha value is -2.08. The summed E-state index contributed by atoms with van der Waals surface area (Å²) in [5.41, 5.74) is 2.14. The van der Waals surface area contributed by atoms with Gasteiger partial charge >= 0.3 is 5.97 Å². The van der Waals surface area contributed by atoms with Crippen molar-refractivity contribution in [2.45, 2.75) is 118 Å². The van der Waals surface area contributed by atoms with E-state index in [1.807, 2.05) is 50.2 Å². The highest BCUT2D eigenvalue weighted by Gasteiger charge is 2.55. The summed E-state index contributed by atoms with van der Waals surface area (Å²) in [6.45, 7) is 17.3. The lowest BCUT2D eigenvalue weighted by Crippen LogP contribution is -2.56. The molecule has 2 aromatic carbocycles. The van der Waals surface area contributed by atoms with Gasteiger partial charge in [-0.1, -0.05) is 76.9 Å². The summed E-state index contributed by atoms with van der Waals surface area (Å²) in [7, 11) is 0. The fourth-order valence-electron chi connectivity index (χ4n) is 6.65. The van der Waals surface area contributed by atoms with Gasteiger partial charge < -0.3 is 9.64 Å². The zero-order valence-corrected chi connectivity index (χ0v) is 28.0. The molecular formula is C35H48Cl2N2O3. The quantitative estimate of drug-likeness (QED) is 0.315. The van der Waals surface area contributed by atoms with E-state index in [2.05, 4.69) is 51.8 Å². The second kappa shape index (κ2) is 12.5. The molecule has 0 aromatic heterocycles. The first-order chi connectivity index (χ1) is 19.5. The second-order valence-corrected chi connectivity index (χ2v) is 15.7. The molecule has 2 fully saturated rings. The van der Waals surface area contributed by atoms with Crippen LogP contribution in [0.25, 0.3) is 0 Å². The molecule has 1 unspecified atom stereocenters. The molecule has 0 radical (unpaired) electrons. The van der Waals surface area contributed by atoms with Crippen LogP contribution in [0, 0.1) is 16.7 Å². The number of hydrogen-bond donors (Lipinski definition) is 1. The summed E-state index contributed by atoms with van der Waals surface area (Å²) in [5.74, 6) is 0.294. The Labute approximate surface area is 262 Å². The number of nitrogens with zero attached hydrogens (tertiary/aromatic N) is 1. The molecule has 1 amide bonds. The Morgan fingerprint density at radius 3 is 2.07 bits per heavy atom. The van der Waals surface area contributed by atoms with E-state index < -0.39 is 11.7 Å². The molecule has 1 N–H and O–H groups in total. The molecule has 230 valence electrons. The van der Waals surface area contributed by atoms with E-state index >= 15 is 0 Å². The number of halogens is 2. The highest BCUT2D eigenvalue weighted by molar-refractivity contribution is 6.34. The Morgan fingerprint density at radius 1 is 1.00 bits per heavy atom. The van der Waals surface area contributed by atoms with Crippen molar-refractivity contribution < 1.29 is 14.3 Å². The molecule has 2 aliphatic rings. The van der Waals surface area contributed by atoms with Gasteiger partial charge in [0.1, 0.15) is 6.04 Å². The molecular weight excluding hydrogens is 567 g/mol. The van der Waals surface area contributed by atoms with Crippen LogP contribution < -0.4 is 5.32 Å². The summed E-state index contributed by atoms with van der Waals surface area (Å²) in [6, 6.07) is 12.3. The lowest BCUT2D eigenvalue weighted by molar-refractivity contribution is -0.137. The first-order valence-electron chi connectivity index (χ1n) is 15.4. The van der Waals surface area contributed by atoms with Crippen LogP contribution >= 0.6 is 23.2 Å². The molecule has 1 aliphatic carbocycles. The number of carbonyl (C=O) groups excluding carboxylic acids is 2. The molecule has 1 heterocycles. The Kier molecular flexibility index (Phi) is 9.77. The zero-order chi connectivity index (χ0) is 31.0. The smallest absolute Gasteiger partial charge is 0.338 e. The van der Waals surface area contributed by atoms with Crippen molar-refractivity contribution in [1.82, 2.24) is 10.2 Å². The summed E-state index contributed by atoms with van der Waals surface area (Å²) in [5, 5.41) is 4.87. The van der Waals surface area contributed by atoms with E-state index in [1.54, 1.807) is 6.07 Å². The minimum atomic E-state index is -0.537. The number of nitrogens with one attached hydrogen (secondary N) is 1. The van der Waals surface area contributed by atoms with Gasteiger partial charge in [-0.3, -0.25) is 10.1 Å². The van der Waals surface area contributed by atoms with Gasteiger partial charge in [0.05, 0.1) is 23.4 Å². The van der Waals surface area contributed by atoms with E-state index in [4.69, 9.17) is 27.9 Å². The Balaban J connectivity index is 1.77. The SMILES string of the molecule is CC(C)OC(=O)c1ccc([C@@H](CCC(C)(C)C)N2C(=O)C(c3cc(Cl)cc(Cl)c3)NC23CCC(C(C)(C)C)CC3)cc1. The van der Waals surface area contributed by atoms with Gasteiger partial charge in [0.15, 0.2) is 0 Å². The number of carbonyl (C=O) groups is 2. The summed E-state index contributed by atoms with van der Waals surface area (Å²) < 4.78 is 5.42. The molecule has 2 atom stereocenters. The number of ether oxygens (including phenoxy) is 1. The lowest BCUT2D eigenvalue weighted by Gasteiger charge is -2.49. The van der Waals surface area contributed by atoms with Crippen molar-refractivity contribution >= 4 is 35.1 Å². The molecule has 1 aliphatic heterocycles. The maximum atomic E-state index is 14.6. The van der Waals surface area contributed by atoms with Crippen LogP contribution in [0.4, 0.5) is 0 Å². The van der Waals surface area contributed by atoms with Crippen LogP contribution in [0.2, 0.25) is 10.0 Å². The minimum Gasteiger partial charge on any atom is -0.459 e. The largest absolute Gasteiger partial charge is 0.459 e. The number of amides is 1. The van der Waals surface area contributed by atoms with Crippen molar-refractivity contribution in [2.24, 2.45) is 16.7 Å². The van der Waals surface area contributed by atoms with Gasteiger partial charge in [0.25, 0.3) is 0 Å². The summed E-state index contributed by atoms with van der Waals surface area (Å²) in [4.78, 5) is 29.4. The van der Waals surface area contributed by atoms with E-state index in [1.165, 1.54) is 0 Å². The zero-order valence-electron chi connectivity index (χ0n) is 26.5. The van der Waals surface area contributed by atoms with Crippen LogP contribution in [-0.4, -0.2) is 28.5 Å². The predicted octanol–water partition coefficient (Wildman–Crippen LogP) is 9.53. The number of hydrogen-bond acceptors (Lipinski definition) is 4. The van der Waals surface area contributed by atoms with Gasteiger partial charge in [-0.05, 0) is 111 Å². The Morgan fingerprint density at radius 2 is 1.57 bits per heavy atom. The molecule has 7 heteroatoms. The topological polar surface area (TPSA) is 58.6 Å². The molecule has 1 saturated carbocycles. The van der Waals surface area contributed by atoms with Crippen molar-refractivity contribution in [2.75, 3.05) is 0 Å². The second-order valence-electron chi connectivity index (χ2n) is 14.9. The van der Waals surface area contributed by atoms with Crippen molar-refractivity contribution in [3.8, 4) is 0 Å². The standard InChI is InChI=1S/C35H48Cl2N2O3/c1-22(2)42-32(41)24-11-9-23(10-12-24)29(15-16-33(3,4)5)39-31(40)30(25-19-27(36)21-28(37)20-25)38-35(39)17-13-26(14-18-35)34(6,7)8/h9-12,19-22,26,29-30,38H,13-18H2,1-8H3/t26?,29-,30?,35?/m1/s1. The number of esters is 1. The van der Waals surface area contributed by atoms with Crippen LogP contribution in [0.3, 0.4) is 0 Å². The van der Waals surface area contributed by atoms with Crippen molar-refractivity contribution in [3.63, 3.8) is 0 Å². The predicted molar refractivity (Wildman–Crippen MR) is 172 cm³/mol. The van der Waals surface area contributed by atoms with E-state index in [9.17, 15) is 9.59 Å². The maximum Gasteiger partial charge on any atom is 0.338 e. The average molecular weight is 616 g/mol. The third-order valence-electron chi connectivity index (χ3n) is 8.97. The highest BCUT2D eigenvalue weighted by Crippen LogP contribution is 2.50. The average Bonchev–Trinajstić information content (AvgIpc) is 3.14. The molecule has 42 heavy (non-hydrogen) atoms. The lowest BCUT2D eigenvalue weighted by atomic mass is 9.69. The molecule has 5 nitrogen and oxygen atoms in total. The molecule has 0 bridgehead atoms.